The normalized spacial score (nSPS) is 10.9. The molecule has 0 aliphatic carbocycles. The second-order valence-electron chi connectivity index (χ2n) is 4.55. The van der Waals surface area contributed by atoms with Crippen LogP contribution in [0.1, 0.15) is 13.8 Å². The van der Waals surface area contributed by atoms with Crippen LogP contribution in [0.4, 0.5) is 0 Å². The van der Waals surface area contributed by atoms with Gasteiger partial charge >= 0.3 is 0 Å². The molecule has 0 aliphatic rings. The molecule has 5 heteroatoms. The van der Waals surface area contributed by atoms with E-state index in [0.717, 1.165) is 21.7 Å². The molecule has 3 aromatic rings. The summed E-state index contributed by atoms with van der Waals surface area (Å²) in [6, 6.07) is 9.48. The van der Waals surface area contributed by atoms with E-state index in [1.165, 1.54) is 6.33 Å². The van der Waals surface area contributed by atoms with Crippen LogP contribution in [0.15, 0.2) is 42.0 Å². The first-order valence-electron chi connectivity index (χ1n) is 6.35. The zero-order valence-corrected chi connectivity index (χ0v) is 12.1. The molecule has 0 N–H and O–H groups in total. The molecular weight excluding hydrogens is 272 g/mol. The molecule has 0 unspecified atom stereocenters. The molecule has 0 radical (unpaired) electrons. The molecule has 2 aromatic heterocycles. The summed E-state index contributed by atoms with van der Waals surface area (Å²) in [7, 11) is 0. The quantitative estimate of drug-likeness (QED) is 0.718. The summed E-state index contributed by atoms with van der Waals surface area (Å²) in [5.41, 5.74) is 0.903. The summed E-state index contributed by atoms with van der Waals surface area (Å²) in [6.45, 7) is 4.00. The molecule has 0 aliphatic heterocycles. The Morgan fingerprint density at radius 1 is 1.00 bits per heavy atom. The minimum absolute atomic E-state index is 0.161. The third kappa shape index (κ3) is 2.72. The van der Waals surface area contributed by atoms with E-state index in [-0.39, 0.29) is 6.10 Å². The molecule has 3 rings (SSSR count). The van der Waals surface area contributed by atoms with E-state index in [0.29, 0.717) is 5.88 Å². The zero-order chi connectivity index (χ0) is 13.9. The molecular formula is C15H14N2O2S. The van der Waals surface area contributed by atoms with Crippen LogP contribution in [0.5, 0.6) is 17.4 Å². The molecule has 0 saturated heterocycles. The lowest BCUT2D eigenvalue weighted by Crippen LogP contribution is -2.05. The van der Waals surface area contributed by atoms with Crippen LogP contribution in [-0.2, 0) is 0 Å². The van der Waals surface area contributed by atoms with Gasteiger partial charge in [0, 0.05) is 0 Å². The Balaban J connectivity index is 1.82. The molecule has 102 valence electrons. The standard InChI is InChI=1S/C15H14N2O2S/c1-10(2)18-11-3-5-12(6-4-11)19-15-14-13(7-8-20-14)16-9-17-15/h3-10H,1-2H3. The van der Waals surface area contributed by atoms with E-state index in [9.17, 15) is 0 Å². The average Bonchev–Trinajstić information content (AvgIpc) is 2.90. The van der Waals surface area contributed by atoms with Gasteiger partial charge in [-0.2, -0.15) is 0 Å². The molecule has 0 atom stereocenters. The van der Waals surface area contributed by atoms with Crippen molar-refractivity contribution in [3.8, 4) is 17.4 Å². The van der Waals surface area contributed by atoms with Crippen molar-refractivity contribution in [2.24, 2.45) is 0 Å². The minimum Gasteiger partial charge on any atom is -0.491 e. The van der Waals surface area contributed by atoms with Crippen LogP contribution in [0.3, 0.4) is 0 Å². The van der Waals surface area contributed by atoms with Crippen LogP contribution in [0, 0.1) is 0 Å². The number of ether oxygens (including phenoxy) is 2. The smallest absolute Gasteiger partial charge is 0.240 e. The number of rotatable bonds is 4. The monoisotopic (exact) mass is 286 g/mol. The number of benzene rings is 1. The Morgan fingerprint density at radius 2 is 1.75 bits per heavy atom. The van der Waals surface area contributed by atoms with E-state index < -0.39 is 0 Å². The maximum atomic E-state index is 5.81. The highest BCUT2D eigenvalue weighted by Gasteiger charge is 2.07. The van der Waals surface area contributed by atoms with Gasteiger partial charge in [0.05, 0.1) is 11.6 Å². The summed E-state index contributed by atoms with van der Waals surface area (Å²) >= 11 is 1.57. The second-order valence-corrected chi connectivity index (χ2v) is 5.47. The van der Waals surface area contributed by atoms with E-state index in [1.54, 1.807) is 11.3 Å². The van der Waals surface area contributed by atoms with E-state index in [4.69, 9.17) is 9.47 Å². The van der Waals surface area contributed by atoms with Gasteiger partial charge in [-0.05, 0) is 49.6 Å². The summed E-state index contributed by atoms with van der Waals surface area (Å²) in [5.74, 6) is 2.15. The highest BCUT2D eigenvalue weighted by atomic mass is 32.1. The third-order valence-electron chi connectivity index (χ3n) is 2.62. The average molecular weight is 286 g/mol. The van der Waals surface area contributed by atoms with Crippen LogP contribution in [0.2, 0.25) is 0 Å². The summed E-state index contributed by atoms with van der Waals surface area (Å²) < 4.78 is 12.4. The first kappa shape index (κ1) is 12.9. The summed E-state index contributed by atoms with van der Waals surface area (Å²) in [4.78, 5) is 8.38. The summed E-state index contributed by atoms with van der Waals surface area (Å²) in [6.07, 6.45) is 1.68. The van der Waals surface area contributed by atoms with Crippen LogP contribution in [-0.4, -0.2) is 16.1 Å². The largest absolute Gasteiger partial charge is 0.491 e. The topological polar surface area (TPSA) is 44.2 Å². The minimum atomic E-state index is 0.161. The van der Waals surface area contributed by atoms with Crippen LogP contribution < -0.4 is 9.47 Å². The number of aromatic nitrogens is 2. The van der Waals surface area contributed by atoms with Crippen molar-refractivity contribution in [2.75, 3.05) is 0 Å². The Hall–Kier alpha value is -2.14. The van der Waals surface area contributed by atoms with Crippen molar-refractivity contribution in [2.45, 2.75) is 20.0 Å². The van der Waals surface area contributed by atoms with Crippen molar-refractivity contribution in [3.05, 3.63) is 42.0 Å². The SMILES string of the molecule is CC(C)Oc1ccc(Oc2ncnc3ccsc23)cc1. The Kier molecular flexibility index (Phi) is 3.52. The number of fused-ring (bicyclic) bond motifs is 1. The number of hydrogen-bond donors (Lipinski definition) is 0. The fourth-order valence-electron chi connectivity index (χ4n) is 1.81. The van der Waals surface area contributed by atoms with E-state index in [1.807, 2.05) is 49.6 Å². The van der Waals surface area contributed by atoms with Crippen LogP contribution in [0.25, 0.3) is 10.2 Å². The highest BCUT2D eigenvalue weighted by Crippen LogP contribution is 2.31. The maximum absolute atomic E-state index is 5.81. The van der Waals surface area contributed by atoms with E-state index >= 15 is 0 Å². The van der Waals surface area contributed by atoms with Gasteiger partial charge in [0.2, 0.25) is 5.88 Å². The lowest BCUT2D eigenvalue weighted by Gasteiger charge is -2.10. The molecule has 0 spiro atoms. The maximum Gasteiger partial charge on any atom is 0.240 e. The lowest BCUT2D eigenvalue weighted by molar-refractivity contribution is 0.242. The van der Waals surface area contributed by atoms with Gasteiger partial charge in [-0.1, -0.05) is 0 Å². The van der Waals surface area contributed by atoms with Gasteiger partial charge in [-0.3, -0.25) is 0 Å². The van der Waals surface area contributed by atoms with Crippen molar-refractivity contribution < 1.29 is 9.47 Å². The Morgan fingerprint density at radius 3 is 2.50 bits per heavy atom. The zero-order valence-electron chi connectivity index (χ0n) is 11.2. The highest BCUT2D eigenvalue weighted by molar-refractivity contribution is 7.17. The van der Waals surface area contributed by atoms with Crippen molar-refractivity contribution >= 4 is 21.6 Å². The van der Waals surface area contributed by atoms with Gasteiger partial charge < -0.3 is 9.47 Å². The lowest BCUT2D eigenvalue weighted by atomic mass is 10.3. The predicted molar refractivity (Wildman–Crippen MR) is 79.7 cm³/mol. The Labute approximate surface area is 121 Å². The van der Waals surface area contributed by atoms with Crippen LogP contribution >= 0.6 is 11.3 Å². The van der Waals surface area contributed by atoms with Gasteiger partial charge in [-0.15, -0.1) is 11.3 Å². The number of nitrogens with zero attached hydrogens (tertiary/aromatic N) is 2. The van der Waals surface area contributed by atoms with Crippen molar-refractivity contribution in [1.82, 2.24) is 9.97 Å². The van der Waals surface area contributed by atoms with Gasteiger partial charge in [-0.25, -0.2) is 9.97 Å². The molecule has 1 aromatic carbocycles. The summed E-state index contributed by atoms with van der Waals surface area (Å²) in [5, 5.41) is 1.98. The fraction of sp³-hybridized carbons (Fsp3) is 0.200. The number of thiophene rings is 1. The molecule has 2 heterocycles. The first-order valence-corrected chi connectivity index (χ1v) is 7.23. The second kappa shape index (κ2) is 5.46. The van der Waals surface area contributed by atoms with Crippen molar-refractivity contribution in [1.29, 1.82) is 0 Å². The van der Waals surface area contributed by atoms with E-state index in [2.05, 4.69) is 9.97 Å². The molecule has 0 amide bonds. The molecule has 0 bridgehead atoms. The van der Waals surface area contributed by atoms with Gasteiger partial charge in [0.1, 0.15) is 22.5 Å². The molecule has 0 saturated carbocycles. The predicted octanol–water partition coefficient (Wildman–Crippen LogP) is 4.27. The molecule has 20 heavy (non-hydrogen) atoms. The third-order valence-corrected chi connectivity index (χ3v) is 3.51. The number of hydrogen-bond acceptors (Lipinski definition) is 5. The van der Waals surface area contributed by atoms with Gasteiger partial charge in [0.15, 0.2) is 0 Å². The molecule has 0 fully saturated rings. The molecule has 4 nitrogen and oxygen atoms in total. The first-order chi connectivity index (χ1) is 9.72. The van der Waals surface area contributed by atoms with Gasteiger partial charge in [0.25, 0.3) is 0 Å². The Bertz CT molecular complexity index is 707. The van der Waals surface area contributed by atoms with Crippen molar-refractivity contribution in [3.63, 3.8) is 0 Å². The fourth-order valence-corrected chi connectivity index (χ4v) is 2.58.